The van der Waals surface area contributed by atoms with Crippen molar-refractivity contribution in [2.75, 3.05) is 25.2 Å². The van der Waals surface area contributed by atoms with Crippen molar-refractivity contribution in [1.82, 2.24) is 14.5 Å². The van der Waals surface area contributed by atoms with Crippen LogP contribution in [-0.2, 0) is 18.4 Å². The van der Waals surface area contributed by atoms with Gasteiger partial charge >= 0.3 is 0 Å². The summed E-state index contributed by atoms with van der Waals surface area (Å²) in [6, 6.07) is 3.75. The van der Waals surface area contributed by atoms with Crippen LogP contribution in [0.15, 0.2) is 30.7 Å². The van der Waals surface area contributed by atoms with Crippen molar-refractivity contribution in [2.45, 2.75) is 6.61 Å². The van der Waals surface area contributed by atoms with Gasteiger partial charge in [0.15, 0.2) is 0 Å². The summed E-state index contributed by atoms with van der Waals surface area (Å²) in [6.45, 7) is 0.524. The van der Waals surface area contributed by atoms with Gasteiger partial charge in [0.2, 0.25) is 0 Å². The number of anilines is 2. The molecule has 0 aromatic carbocycles. The highest BCUT2D eigenvalue weighted by Crippen LogP contribution is 2.29. The zero-order valence-electron chi connectivity index (χ0n) is 13.3. The predicted molar refractivity (Wildman–Crippen MR) is 89.7 cm³/mol. The second-order valence-corrected chi connectivity index (χ2v) is 5.20. The van der Waals surface area contributed by atoms with Crippen LogP contribution in [0.5, 0.6) is 11.5 Å². The van der Waals surface area contributed by atoms with Crippen molar-refractivity contribution in [3.63, 3.8) is 0 Å². The molecule has 0 radical (unpaired) electrons. The molecule has 0 amide bonds. The maximum absolute atomic E-state index is 5.86. The van der Waals surface area contributed by atoms with Crippen LogP contribution in [0.1, 0.15) is 5.56 Å². The van der Waals surface area contributed by atoms with Gasteiger partial charge in [0.05, 0.1) is 24.7 Å². The number of hydrogen-bond acceptors (Lipinski definition) is 6. The van der Waals surface area contributed by atoms with E-state index < -0.39 is 0 Å². The first kappa shape index (κ1) is 15.1. The highest BCUT2D eigenvalue weighted by molar-refractivity contribution is 5.81. The van der Waals surface area contributed by atoms with E-state index in [1.807, 2.05) is 23.9 Å². The first-order chi connectivity index (χ1) is 11.1. The van der Waals surface area contributed by atoms with Crippen LogP contribution in [0.25, 0.3) is 11.0 Å². The van der Waals surface area contributed by atoms with Crippen LogP contribution in [0, 0.1) is 0 Å². The fourth-order valence-corrected chi connectivity index (χ4v) is 2.49. The number of pyridine rings is 2. The predicted octanol–water partition coefficient (Wildman–Crippen LogP) is 2.53. The van der Waals surface area contributed by atoms with Crippen molar-refractivity contribution in [2.24, 2.45) is 7.05 Å². The fourth-order valence-electron chi connectivity index (χ4n) is 2.49. The number of nitrogens with two attached hydrogens (primary N) is 1. The zero-order chi connectivity index (χ0) is 16.4. The van der Waals surface area contributed by atoms with Crippen LogP contribution in [0.2, 0.25) is 0 Å². The summed E-state index contributed by atoms with van der Waals surface area (Å²) in [5.74, 6) is 1.66. The Morgan fingerprint density at radius 3 is 2.70 bits per heavy atom. The lowest BCUT2D eigenvalue weighted by atomic mass is 10.2. The molecule has 0 aliphatic rings. The van der Waals surface area contributed by atoms with Crippen LogP contribution in [0.3, 0.4) is 0 Å². The smallest absolute Gasteiger partial charge is 0.148 e. The third-order valence-corrected chi connectivity index (χ3v) is 3.57. The molecule has 0 aliphatic heterocycles. The Kier molecular flexibility index (Phi) is 4.03. The number of fused-ring (bicyclic) bond motifs is 1. The van der Waals surface area contributed by atoms with E-state index in [-0.39, 0.29) is 0 Å². The van der Waals surface area contributed by atoms with E-state index in [1.54, 1.807) is 32.6 Å². The van der Waals surface area contributed by atoms with Crippen LogP contribution in [-0.4, -0.2) is 28.7 Å². The lowest BCUT2D eigenvalue weighted by Crippen LogP contribution is -1.99. The van der Waals surface area contributed by atoms with E-state index in [0.29, 0.717) is 23.9 Å². The number of aromatic nitrogens is 3. The zero-order valence-corrected chi connectivity index (χ0v) is 13.3. The molecule has 0 saturated heterocycles. The highest BCUT2D eigenvalue weighted by atomic mass is 16.5. The van der Waals surface area contributed by atoms with Crippen LogP contribution >= 0.6 is 0 Å². The van der Waals surface area contributed by atoms with Gasteiger partial charge in [-0.25, -0.2) is 9.97 Å². The van der Waals surface area contributed by atoms with Gasteiger partial charge in [-0.2, -0.15) is 0 Å². The van der Waals surface area contributed by atoms with Crippen molar-refractivity contribution in [3.8, 4) is 11.5 Å². The molecule has 0 bridgehead atoms. The van der Waals surface area contributed by atoms with E-state index in [4.69, 9.17) is 15.2 Å². The summed E-state index contributed by atoms with van der Waals surface area (Å²) in [5, 5.41) is 3.98. The summed E-state index contributed by atoms with van der Waals surface area (Å²) in [6.07, 6.45) is 5.28. The molecule has 3 rings (SSSR count). The summed E-state index contributed by atoms with van der Waals surface area (Å²) < 4.78 is 13.1. The number of nitrogens with one attached hydrogen (secondary N) is 1. The van der Waals surface area contributed by atoms with Gasteiger partial charge in [-0.05, 0) is 6.07 Å². The first-order valence-electron chi connectivity index (χ1n) is 7.16. The maximum atomic E-state index is 5.86. The Hall–Kier alpha value is -2.80. The number of aryl methyl sites for hydroxylation is 1. The maximum Gasteiger partial charge on any atom is 0.148 e. The Labute approximate surface area is 134 Å². The summed E-state index contributed by atoms with van der Waals surface area (Å²) >= 11 is 0. The van der Waals surface area contributed by atoms with Gasteiger partial charge in [-0.3, -0.25) is 0 Å². The van der Waals surface area contributed by atoms with Crippen molar-refractivity contribution in [1.29, 1.82) is 0 Å². The lowest BCUT2D eigenvalue weighted by molar-refractivity contribution is 0.186. The number of nitrogen functional groups attached to an aromatic ring is 1. The number of nitrogens with zero attached hydrogens (tertiary/aromatic N) is 3. The SMILES string of the molecule is CNc1cc(Oc2cnc3c(c2)c(COC)cn3C)cnc1N. The molecule has 3 aromatic heterocycles. The van der Waals surface area contributed by atoms with Gasteiger partial charge in [0.1, 0.15) is 23.0 Å². The van der Waals surface area contributed by atoms with Gasteiger partial charge < -0.3 is 25.1 Å². The summed E-state index contributed by atoms with van der Waals surface area (Å²) in [5.41, 5.74) is 8.43. The highest BCUT2D eigenvalue weighted by Gasteiger charge is 2.10. The molecule has 3 heterocycles. The molecular weight excluding hydrogens is 294 g/mol. The number of hydrogen-bond donors (Lipinski definition) is 2. The molecule has 0 fully saturated rings. The minimum Gasteiger partial charge on any atom is -0.454 e. The standard InChI is InChI=1S/C16H19N5O2/c1-18-14-5-12(6-19-15(14)17)23-11-4-13-10(9-22-3)8-21(2)16(13)20-7-11/h4-8,18H,9H2,1-3H3,(H2,17,19). The monoisotopic (exact) mass is 313 g/mol. The minimum absolute atomic E-state index is 0.430. The minimum atomic E-state index is 0.430. The van der Waals surface area contributed by atoms with E-state index in [1.165, 1.54) is 0 Å². The molecule has 0 saturated carbocycles. The topological polar surface area (TPSA) is 87.2 Å². The molecular formula is C16H19N5O2. The molecule has 120 valence electrons. The fraction of sp³-hybridized carbons (Fsp3) is 0.250. The van der Waals surface area contributed by atoms with Crippen LogP contribution < -0.4 is 15.8 Å². The van der Waals surface area contributed by atoms with Gasteiger partial charge in [-0.1, -0.05) is 0 Å². The molecule has 23 heavy (non-hydrogen) atoms. The van der Waals surface area contributed by atoms with E-state index in [9.17, 15) is 0 Å². The van der Waals surface area contributed by atoms with E-state index in [2.05, 4.69) is 15.3 Å². The number of rotatable bonds is 5. The molecule has 7 nitrogen and oxygen atoms in total. The Morgan fingerprint density at radius 1 is 1.22 bits per heavy atom. The molecule has 3 N–H and O–H groups in total. The van der Waals surface area contributed by atoms with Crippen molar-refractivity contribution >= 4 is 22.5 Å². The number of methoxy groups -OCH3 is 1. The molecule has 7 heteroatoms. The Morgan fingerprint density at radius 2 is 1.96 bits per heavy atom. The van der Waals surface area contributed by atoms with E-state index in [0.717, 1.165) is 22.3 Å². The second kappa shape index (κ2) is 6.13. The third-order valence-electron chi connectivity index (χ3n) is 3.57. The third kappa shape index (κ3) is 2.91. The normalized spacial score (nSPS) is 10.9. The molecule has 0 aliphatic carbocycles. The molecule has 0 unspecified atom stereocenters. The Bertz CT molecular complexity index is 844. The van der Waals surface area contributed by atoms with Crippen molar-refractivity contribution in [3.05, 3.63) is 36.3 Å². The molecule has 0 atom stereocenters. The Balaban J connectivity index is 1.95. The van der Waals surface area contributed by atoms with Gasteiger partial charge in [-0.15, -0.1) is 0 Å². The molecule has 3 aromatic rings. The average Bonchev–Trinajstić information content (AvgIpc) is 2.85. The van der Waals surface area contributed by atoms with E-state index >= 15 is 0 Å². The second-order valence-electron chi connectivity index (χ2n) is 5.20. The van der Waals surface area contributed by atoms with Gasteiger partial charge in [0, 0.05) is 44.4 Å². The summed E-state index contributed by atoms with van der Waals surface area (Å²) in [7, 11) is 5.41. The average molecular weight is 313 g/mol. The summed E-state index contributed by atoms with van der Waals surface area (Å²) in [4.78, 5) is 8.57. The largest absolute Gasteiger partial charge is 0.454 e. The first-order valence-corrected chi connectivity index (χ1v) is 7.16. The lowest BCUT2D eigenvalue weighted by Gasteiger charge is -2.09. The quantitative estimate of drug-likeness (QED) is 0.752. The van der Waals surface area contributed by atoms with Crippen LogP contribution in [0.4, 0.5) is 11.5 Å². The number of ether oxygens (including phenoxy) is 2. The molecule has 0 spiro atoms. The van der Waals surface area contributed by atoms with Gasteiger partial charge in [0.25, 0.3) is 0 Å². The van der Waals surface area contributed by atoms with Crippen molar-refractivity contribution < 1.29 is 9.47 Å².